The topological polar surface area (TPSA) is 58.8 Å². The maximum absolute atomic E-state index is 12.9. The third-order valence-electron chi connectivity index (χ3n) is 4.61. The predicted molar refractivity (Wildman–Crippen MR) is 96.4 cm³/mol. The summed E-state index contributed by atoms with van der Waals surface area (Å²) in [7, 11) is 1.67. The number of hydrogen-bond donors (Lipinski definition) is 0. The zero-order chi connectivity index (χ0) is 18.0. The molecule has 1 amide bonds. The molecule has 6 heteroatoms. The number of hydrogen-bond acceptors (Lipinski definition) is 5. The Kier molecular flexibility index (Phi) is 4.97. The molecule has 1 aromatic carbocycles. The molecule has 0 bridgehead atoms. The Balaban J connectivity index is 1.70. The van der Waals surface area contributed by atoms with Gasteiger partial charge in [-0.25, -0.2) is 0 Å². The summed E-state index contributed by atoms with van der Waals surface area (Å²) >= 11 is 0. The number of rotatable bonds is 4. The average molecular weight is 343 g/mol. The van der Waals surface area contributed by atoms with Crippen LogP contribution in [0.4, 0.5) is 5.69 Å². The van der Waals surface area contributed by atoms with Crippen molar-refractivity contribution in [2.75, 3.05) is 38.2 Å². The van der Waals surface area contributed by atoms with Gasteiger partial charge in [0.15, 0.2) is 5.76 Å². The Hall–Kier alpha value is -2.50. The van der Waals surface area contributed by atoms with Crippen molar-refractivity contribution in [1.29, 1.82) is 0 Å². The summed E-state index contributed by atoms with van der Waals surface area (Å²) in [5.41, 5.74) is 2.42. The molecule has 0 aliphatic carbocycles. The summed E-state index contributed by atoms with van der Waals surface area (Å²) in [6.07, 6.45) is 0. The van der Waals surface area contributed by atoms with E-state index in [9.17, 15) is 4.79 Å². The Labute approximate surface area is 148 Å². The number of benzene rings is 1. The molecule has 25 heavy (non-hydrogen) atoms. The highest BCUT2D eigenvalue weighted by molar-refractivity contribution is 5.96. The lowest BCUT2D eigenvalue weighted by molar-refractivity contribution is 0.0743. The number of ether oxygens (including phenoxy) is 1. The summed E-state index contributed by atoms with van der Waals surface area (Å²) in [5.74, 6) is 1.68. The van der Waals surface area contributed by atoms with E-state index in [2.05, 4.69) is 16.1 Å². The van der Waals surface area contributed by atoms with Crippen LogP contribution in [0.2, 0.25) is 0 Å². The van der Waals surface area contributed by atoms with Crippen molar-refractivity contribution < 1.29 is 14.1 Å². The first-order valence-corrected chi connectivity index (χ1v) is 8.65. The standard InChI is InChI=1S/C19H25N3O3/c1-13(2)18-17(14(3)20-25-18)19(23)22-10-8-21(9-11-22)15-6-5-7-16(12-15)24-4/h5-7,12-13H,8-11H2,1-4H3. The summed E-state index contributed by atoms with van der Waals surface area (Å²) < 4.78 is 10.7. The van der Waals surface area contributed by atoms with Crippen LogP contribution < -0.4 is 9.64 Å². The van der Waals surface area contributed by atoms with Crippen molar-refractivity contribution in [1.82, 2.24) is 10.1 Å². The van der Waals surface area contributed by atoms with E-state index in [0.717, 1.165) is 24.5 Å². The van der Waals surface area contributed by atoms with Gasteiger partial charge in [-0.1, -0.05) is 25.1 Å². The Bertz CT molecular complexity index is 746. The Morgan fingerprint density at radius 2 is 1.96 bits per heavy atom. The van der Waals surface area contributed by atoms with Gasteiger partial charge < -0.3 is 19.1 Å². The third kappa shape index (κ3) is 3.48. The molecule has 2 aromatic rings. The molecule has 0 atom stereocenters. The number of amides is 1. The first kappa shape index (κ1) is 17.3. The fourth-order valence-corrected chi connectivity index (χ4v) is 3.17. The maximum Gasteiger partial charge on any atom is 0.259 e. The summed E-state index contributed by atoms with van der Waals surface area (Å²) in [6, 6.07) is 8.02. The van der Waals surface area contributed by atoms with Crippen molar-refractivity contribution in [3.8, 4) is 5.75 Å². The van der Waals surface area contributed by atoms with Gasteiger partial charge in [0.2, 0.25) is 0 Å². The number of methoxy groups -OCH3 is 1. The van der Waals surface area contributed by atoms with Gasteiger partial charge in [0, 0.05) is 43.9 Å². The molecule has 134 valence electrons. The van der Waals surface area contributed by atoms with Crippen LogP contribution in [0.1, 0.15) is 41.6 Å². The van der Waals surface area contributed by atoms with Crippen LogP contribution >= 0.6 is 0 Å². The van der Waals surface area contributed by atoms with Gasteiger partial charge in [-0.05, 0) is 19.1 Å². The van der Waals surface area contributed by atoms with Gasteiger partial charge in [-0.3, -0.25) is 4.79 Å². The van der Waals surface area contributed by atoms with Gasteiger partial charge in [-0.2, -0.15) is 0 Å². The minimum Gasteiger partial charge on any atom is -0.497 e. The fraction of sp³-hybridized carbons (Fsp3) is 0.474. The van der Waals surface area contributed by atoms with Crippen LogP contribution in [0.5, 0.6) is 5.75 Å². The number of carbonyl (C=O) groups excluding carboxylic acids is 1. The summed E-state index contributed by atoms with van der Waals surface area (Å²) in [4.78, 5) is 17.1. The molecule has 0 unspecified atom stereocenters. The highest BCUT2D eigenvalue weighted by Gasteiger charge is 2.29. The minimum absolute atomic E-state index is 0.0211. The van der Waals surface area contributed by atoms with E-state index in [-0.39, 0.29) is 11.8 Å². The second-order valence-corrected chi connectivity index (χ2v) is 6.64. The lowest BCUT2D eigenvalue weighted by Crippen LogP contribution is -2.49. The van der Waals surface area contributed by atoms with Crippen LogP contribution in [-0.2, 0) is 0 Å². The van der Waals surface area contributed by atoms with Gasteiger partial charge in [0.25, 0.3) is 5.91 Å². The van der Waals surface area contributed by atoms with Crippen molar-refractivity contribution in [2.24, 2.45) is 0 Å². The number of anilines is 1. The molecule has 1 aliphatic rings. The van der Waals surface area contributed by atoms with Crippen molar-refractivity contribution >= 4 is 11.6 Å². The molecule has 0 spiro atoms. The number of aryl methyl sites for hydroxylation is 1. The zero-order valence-corrected chi connectivity index (χ0v) is 15.3. The minimum atomic E-state index is 0.0211. The average Bonchev–Trinajstić information content (AvgIpc) is 3.03. The second kappa shape index (κ2) is 7.17. The van der Waals surface area contributed by atoms with Crippen molar-refractivity contribution in [3.63, 3.8) is 0 Å². The molecule has 2 heterocycles. The lowest BCUT2D eigenvalue weighted by Gasteiger charge is -2.36. The lowest BCUT2D eigenvalue weighted by atomic mass is 10.0. The Morgan fingerprint density at radius 1 is 1.24 bits per heavy atom. The van der Waals surface area contributed by atoms with Crippen molar-refractivity contribution in [2.45, 2.75) is 26.7 Å². The van der Waals surface area contributed by atoms with Crippen LogP contribution in [0, 0.1) is 6.92 Å². The molecule has 0 saturated carbocycles. The molecule has 1 saturated heterocycles. The number of carbonyl (C=O) groups is 1. The number of aromatic nitrogens is 1. The van der Waals surface area contributed by atoms with Gasteiger partial charge in [-0.15, -0.1) is 0 Å². The highest BCUT2D eigenvalue weighted by atomic mass is 16.5. The van der Waals surface area contributed by atoms with Crippen molar-refractivity contribution in [3.05, 3.63) is 41.3 Å². The van der Waals surface area contributed by atoms with E-state index in [4.69, 9.17) is 9.26 Å². The zero-order valence-electron chi connectivity index (χ0n) is 15.3. The molecular formula is C19H25N3O3. The summed E-state index contributed by atoms with van der Waals surface area (Å²) in [6.45, 7) is 8.79. The largest absolute Gasteiger partial charge is 0.497 e. The first-order chi connectivity index (χ1) is 12.0. The van der Waals surface area contributed by atoms with Crippen LogP contribution in [0.15, 0.2) is 28.8 Å². The van der Waals surface area contributed by atoms with Crippen LogP contribution in [-0.4, -0.2) is 49.3 Å². The van der Waals surface area contributed by atoms with E-state index >= 15 is 0 Å². The summed E-state index contributed by atoms with van der Waals surface area (Å²) in [5, 5.41) is 3.99. The predicted octanol–water partition coefficient (Wildman–Crippen LogP) is 3.08. The van der Waals surface area contributed by atoms with Gasteiger partial charge >= 0.3 is 0 Å². The van der Waals surface area contributed by atoms with Crippen LogP contribution in [0.3, 0.4) is 0 Å². The highest BCUT2D eigenvalue weighted by Crippen LogP contribution is 2.26. The third-order valence-corrected chi connectivity index (χ3v) is 4.61. The molecule has 1 aliphatic heterocycles. The van der Waals surface area contributed by atoms with E-state index in [1.54, 1.807) is 7.11 Å². The molecular weight excluding hydrogens is 318 g/mol. The Morgan fingerprint density at radius 3 is 2.60 bits per heavy atom. The normalized spacial score (nSPS) is 14.9. The maximum atomic E-state index is 12.9. The smallest absolute Gasteiger partial charge is 0.259 e. The van der Waals surface area contributed by atoms with E-state index in [1.807, 2.05) is 43.9 Å². The first-order valence-electron chi connectivity index (χ1n) is 8.65. The molecule has 0 N–H and O–H groups in total. The SMILES string of the molecule is COc1cccc(N2CCN(C(=O)c3c(C)noc3C(C)C)CC2)c1. The number of piperazine rings is 1. The van der Waals surface area contributed by atoms with Crippen LogP contribution in [0.25, 0.3) is 0 Å². The quantitative estimate of drug-likeness (QED) is 0.854. The van der Waals surface area contributed by atoms with E-state index in [0.29, 0.717) is 30.1 Å². The van der Waals surface area contributed by atoms with E-state index in [1.165, 1.54) is 0 Å². The molecule has 3 rings (SSSR count). The van der Waals surface area contributed by atoms with Gasteiger partial charge in [0.1, 0.15) is 11.3 Å². The van der Waals surface area contributed by atoms with E-state index < -0.39 is 0 Å². The fourth-order valence-electron chi connectivity index (χ4n) is 3.17. The molecule has 1 aromatic heterocycles. The number of nitrogens with zero attached hydrogens (tertiary/aromatic N) is 3. The monoisotopic (exact) mass is 343 g/mol. The molecule has 6 nitrogen and oxygen atoms in total. The van der Waals surface area contributed by atoms with Gasteiger partial charge in [0.05, 0.1) is 12.8 Å². The second-order valence-electron chi connectivity index (χ2n) is 6.64. The molecule has 0 radical (unpaired) electrons. The molecule has 1 fully saturated rings.